The third kappa shape index (κ3) is 2.58. The molecule has 4 nitrogen and oxygen atoms in total. The Bertz CT molecular complexity index is 361. The molecule has 2 rings (SSSR count). The van der Waals surface area contributed by atoms with E-state index >= 15 is 0 Å². The van der Waals surface area contributed by atoms with Crippen LogP contribution in [0.25, 0.3) is 0 Å². The number of benzene rings is 1. The van der Waals surface area contributed by atoms with Crippen molar-refractivity contribution in [2.45, 2.75) is 0 Å². The van der Waals surface area contributed by atoms with E-state index in [4.69, 9.17) is 17.3 Å². The largest absolute Gasteiger partial charge is 0.396 e. The van der Waals surface area contributed by atoms with Gasteiger partial charge in [0, 0.05) is 26.2 Å². The fourth-order valence-electron chi connectivity index (χ4n) is 1.72. The number of piperazine rings is 1. The number of likely N-dealkylation sites (N-methyl/N-ethyl adjacent to an activating group) is 1. The zero-order valence-corrected chi connectivity index (χ0v) is 10.2. The van der Waals surface area contributed by atoms with Crippen molar-refractivity contribution >= 4 is 23.0 Å². The van der Waals surface area contributed by atoms with Crippen LogP contribution < -0.4 is 11.2 Å². The second-order valence-corrected chi connectivity index (χ2v) is 4.51. The van der Waals surface area contributed by atoms with Crippen LogP contribution >= 0.6 is 11.6 Å². The van der Waals surface area contributed by atoms with Crippen LogP contribution in [0.1, 0.15) is 0 Å². The highest BCUT2D eigenvalue weighted by Crippen LogP contribution is 2.27. The van der Waals surface area contributed by atoms with Crippen LogP contribution in [0.2, 0.25) is 5.02 Å². The molecule has 0 saturated carbocycles. The molecule has 0 amide bonds. The van der Waals surface area contributed by atoms with Crippen molar-refractivity contribution in [2.24, 2.45) is 0 Å². The van der Waals surface area contributed by atoms with E-state index in [0.717, 1.165) is 31.9 Å². The first-order valence-electron chi connectivity index (χ1n) is 5.41. The molecule has 1 saturated heterocycles. The highest BCUT2D eigenvalue weighted by molar-refractivity contribution is 6.33. The van der Waals surface area contributed by atoms with Gasteiger partial charge in [0.1, 0.15) is 0 Å². The number of halogens is 1. The molecule has 1 aromatic rings. The first-order chi connectivity index (χ1) is 7.66. The van der Waals surface area contributed by atoms with Crippen molar-refractivity contribution in [2.75, 3.05) is 44.4 Å². The molecule has 5 heteroatoms. The van der Waals surface area contributed by atoms with E-state index in [1.807, 2.05) is 12.1 Å². The van der Waals surface area contributed by atoms with E-state index < -0.39 is 0 Å². The van der Waals surface area contributed by atoms with E-state index in [0.29, 0.717) is 10.7 Å². The van der Waals surface area contributed by atoms with Crippen molar-refractivity contribution in [3.63, 3.8) is 0 Å². The first kappa shape index (κ1) is 11.5. The molecule has 0 bridgehead atoms. The van der Waals surface area contributed by atoms with Crippen LogP contribution in [0.3, 0.4) is 0 Å². The van der Waals surface area contributed by atoms with Crippen LogP contribution in [-0.2, 0) is 0 Å². The molecule has 88 valence electrons. The molecule has 16 heavy (non-hydrogen) atoms. The average molecular weight is 241 g/mol. The second-order valence-electron chi connectivity index (χ2n) is 4.10. The topological polar surface area (TPSA) is 44.5 Å². The fourth-order valence-corrected chi connectivity index (χ4v) is 1.90. The van der Waals surface area contributed by atoms with E-state index in [-0.39, 0.29) is 0 Å². The molecule has 1 aromatic carbocycles. The number of hydrogen-bond acceptors (Lipinski definition) is 4. The molecule has 3 N–H and O–H groups in total. The summed E-state index contributed by atoms with van der Waals surface area (Å²) in [6, 6.07) is 5.64. The number of anilines is 2. The van der Waals surface area contributed by atoms with Gasteiger partial charge in [-0.3, -0.25) is 0 Å². The van der Waals surface area contributed by atoms with Gasteiger partial charge >= 0.3 is 0 Å². The van der Waals surface area contributed by atoms with Crippen molar-refractivity contribution in [3.8, 4) is 0 Å². The molecule has 0 radical (unpaired) electrons. The first-order valence-corrected chi connectivity index (χ1v) is 5.79. The molecule has 0 spiro atoms. The lowest BCUT2D eigenvalue weighted by atomic mass is 10.3. The van der Waals surface area contributed by atoms with Gasteiger partial charge in [-0.2, -0.15) is 0 Å². The monoisotopic (exact) mass is 240 g/mol. The predicted molar refractivity (Wildman–Crippen MR) is 68.6 cm³/mol. The summed E-state index contributed by atoms with van der Waals surface area (Å²) in [5.41, 5.74) is 10.7. The van der Waals surface area contributed by atoms with Crippen molar-refractivity contribution in [1.29, 1.82) is 0 Å². The van der Waals surface area contributed by atoms with Gasteiger partial charge in [0.2, 0.25) is 0 Å². The van der Waals surface area contributed by atoms with Crippen LogP contribution in [0, 0.1) is 0 Å². The molecular weight excluding hydrogens is 224 g/mol. The van der Waals surface area contributed by atoms with Gasteiger partial charge in [-0.15, -0.1) is 0 Å². The maximum atomic E-state index is 5.96. The quantitative estimate of drug-likeness (QED) is 0.769. The number of nitrogen functional groups attached to an aromatic ring is 1. The van der Waals surface area contributed by atoms with Gasteiger partial charge in [-0.25, -0.2) is 5.01 Å². The predicted octanol–water partition coefficient (Wildman–Crippen LogP) is 1.50. The van der Waals surface area contributed by atoms with Crippen molar-refractivity contribution in [3.05, 3.63) is 23.2 Å². The molecule has 0 unspecified atom stereocenters. The van der Waals surface area contributed by atoms with E-state index in [1.165, 1.54) is 0 Å². The maximum Gasteiger partial charge on any atom is 0.0752 e. The summed E-state index contributed by atoms with van der Waals surface area (Å²) in [7, 11) is 2.13. The molecule has 1 heterocycles. The SMILES string of the molecule is CN1CCN(Nc2cccc(Cl)c2N)CC1. The average Bonchev–Trinajstić information content (AvgIpc) is 2.28. The third-order valence-electron chi connectivity index (χ3n) is 2.83. The lowest BCUT2D eigenvalue weighted by Gasteiger charge is -2.33. The van der Waals surface area contributed by atoms with Gasteiger partial charge in [-0.05, 0) is 19.2 Å². The number of rotatable bonds is 2. The fraction of sp³-hybridized carbons (Fsp3) is 0.455. The zero-order chi connectivity index (χ0) is 11.5. The third-order valence-corrected chi connectivity index (χ3v) is 3.16. The van der Waals surface area contributed by atoms with Crippen LogP contribution in [0.15, 0.2) is 18.2 Å². The van der Waals surface area contributed by atoms with Crippen LogP contribution in [-0.4, -0.2) is 43.1 Å². The van der Waals surface area contributed by atoms with Crippen LogP contribution in [0.4, 0.5) is 11.4 Å². The Balaban J connectivity index is 2.01. The molecular formula is C11H17ClN4. The molecule has 1 aliphatic heterocycles. The van der Waals surface area contributed by atoms with E-state index in [2.05, 4.69) is 22.4 Å². The smallest absolute Gasteiger partial charge is 0.0752 e. The Kier molecular flexibility index (Phi) is 3.53. The summed E-state index contributed by atoms with van der Waals surface area (Å²) in [4.78, 5) is 2.31. The normalized spacial score (nSPS) is 18.6. The summed E-state index contributed by atoms with van der Waals surface area (Å²) < 4.78 is 0. The number of para-hydroxylation sites is 1. The van der Waals surface area contributed by atoms with Gasteiger partial charge in [0.05, 0.1) is 16.4 Å². The number of nitrogens with one attached hydrogen (secondary N) is 1. The van der Waals surface area contributed by atoms with Crippen LogP contribution in [0.5, 0.6) is 0 Å². The van der Waals surface area contributed by atoms with Gasteiger partial charge in [-0.1, -0.05) is 17.7 Å². The lowest BCUT2D eigenvalue weighted by molar-refractivity contribution is 0.179. The number of hydrazine groups is 1. The Hall–Kier alpha value is -0.970. The second kappa shape index (κ2) is 4.91. The van der Waals surface area contributed by atoms with Gasteiger partial charge in [0.15, 0.2) is 0 Å². The molecule has 0 atom stereocenters. The Morgan fingerprint density at radius 3 is 2.62 bits per heavy atom. The van der Waals surface area contributed by atoms with Gasteiger partial charge in [0.25, 0.3) is 0 Å². The molecule has 0 aliphatic carbocycles. The molecule has 0 aromatic heterocycles. The summed E-state index contributed by atoms with van der Waals surface area (Å²) in [6.45, 7) is 4.10. The minimum absolute atomic E-state index is 0.596. The number of hydrogen-bond donors (Lipinski definition) is 2. The Labute approximate surface area is 101 Å². The Morgan fingerprint density at radius 1 is 1.25 bits per heavy atom. The van der Waals surface area contributed by atoms with Crippen molar-refractivity contribution < 1.29 is 0 Å². The summed E-state index contributed by atoms with van der Waals surface area (Å²) in [5, 5.41) is 2.77. The lowest BCUT2D eigenvalue weighted by Crippen LogP contribution is -2.47. The maximum absolute atomic E-state index is 5.96. The summed E-state index contributed by atoms with van der Waals surface area (Å²) in [5.74, 6) is 0. The van der Waals surface area contributed by atoms with Crippen molar-refractivity contribution in [1.82, 2.24) is 9.91 Å². The number of nitrogens with zero attached hydrogens (tertiary/aromatic N) is 2. The molecule has 1 aliphatic rings. The van der Waals surface area contributed by atoms with E-state index in [1.54, 1.807) is 6.07 Å². The Morgan fingerprint density at radius 2 is 1.94 bits per heavy atom. The summed E-state index contributed by atoms with van der Waals surface area (Å²) >= 11 is 5.96. The molecule has 1 fully saturated rings. The highest BCUT2D eigenvalue weighted by Gasteiger charge is 2.14. The minimum atomic E-state index is 0.596. The zero-order valence-electron chi connectivity index (χ0n) is 9.41. The van der Waals surface area contributed by atoms with E-state index in [9.17, 15) is 0 Å². The highest BCUT2D eigenvalue weighted by atomic mass is 35.5. The standard InChI is InChI=1S/C11H17ClN4/c1-15-5-7-16(8-6-15)14-10-4-2-3-9(12)11(10)13/h2-4,14H,5-8,13H2,1H3. The van der Waals surface area contributed by atoms with Gasteiger partial charge < -0.3 is 16.1 Å². The summed E-state index contributed by atoms with van der Waals surface area (Å²) in [6.07, 6.45) is 0. The minimum Gasteiger partial charge on any atom is -0.396 e. The number of nitrogens with two attached hydrogens (primary N) is 1.